The Bertz CT molecular complexity index is 935. The van der Waals surface area contributed by atoms with Crippen LogP contribution in [0.1, 0.15) is 5.56 Å². The lowest BCUT2D eigenvalue weighted by molar-refractivity contribution is -0.128. The third-order valence-electron chi connectivity index (χ3n) is 3.75. The van der Waals surface area contributed by atoms with Crippen molar-refractivity contribution in [2.45, 2.75) is 18.1 Å². The smallest absolute Gasteiger partial charge is 0.237 e. The Balaban J connectivity index is 1.60. The van der Waals surface area contributed by atoms with E-state index in [1.165, 1.54) is 11.8 Å². The Morgan fingerprint density at radius 1 is 1.08 bits per heavy atom. The zero-order valence-corrected chi connectivity index (χ0v) is 15.0. The highest BCUT2D eigenvalue weighted by Gasteiger charge is 2.13. The van der Waals surface area contributed by atoms with Crippen LogP contribution in [-0.2, 0) is 22.6 Å². The van der Waals surface area contributed by atoms with Gasteiger partial charge in [-0.15, -0.1) is 6.58 Å². The molecule has 1 aromatic heterocycles. The number of thioether (sulfide) groups is 1. The maximum absolute atomic E-state index is 12.1. The number of hydrogen-bond donors (Lipinski definition) is 1. The number of para-hydroxylation sites is 2. The Labute approximate surface area is 156 Å². The molecule has 2 amide bonds. The minimum Gasteiger partial charge on any atom is -0.315 e. The number of hydrogen-bond acceptors (Lipinski definition) is 4. The molecular formula is C20H19N3O2S. The maximum Gasteiger partial charge on any atom is 0.237 e. The van der Waals surface area contributed by atoms with E-state index in [9.17, 15) is 9.59 Å². The van der Waals surface area contributed by atoms with E-state index in [-0.39, 0.29) is 24.0 Å². The zero-order valence-electron chi connectivity index (χ0n) is 14.2. The van der Waals surface area contributed by atoms with Gasteiger partial charge in [0, 0.05) is 6.54 Å². The molecule has 5 nitrogen and oxygen atoms in total. The average molecular weight is 365 g/mol. The van der Waals surface area contributed by atoms with Crippen molar-refractivity contribution in [3.63, 3.8) is 0 Å². The van der Waals surface area contributed by atoms with Crippen molar-refractivity contribution >= 4 is 34.6 Å². The third-order valence-corrected chi connectivity index (χ3v) is 4.73. The Morgan fingerprint density at radius 3 is 2.58 bits per heavy atom. The molecule has 26 heavy (non-hydrogen) atoms. The van der Waals surface area contributed by atoms with Crippen molar-refractivity contribution < 1.29 is 9.59 Å². The van der Waals surface area contributed by atoms with Crippen LogP contribution >= 0.6 is 11.8 Å². The van der Waals surface area contributed by atoms with E-state index in [4.69, 9.17) is 0 Å². The van der Waals surface area contributed by atoms with Gasteiger partial charge in [-0.25, -0.2) is 4.98 Å². The molecule has 132 valence electrons. The summed E-state index contributed by atoms with van der Waals surface area (Å²) in [5.74, 6) is -0.504. The largest absolute Gasteiger partial charge is 0.315 e. The van der Waals surface area contributed by atoms with Crippen LogP contribution in [-0.4, -0.2) is 27.1 Å². The molecule has 3 rings (SSSR count). The molecule has 0 saturated heterocycles. The number of carbonyl (C=O) groups excluding carboxylic acids is 2. The average Bonchev–Trinajstić information content (AvgIpc) is 2.99. The number of allylic oxidation sites excluding steroid dienone is 1. The molecule has 0 atom stereocenters. The number of imidazole rings is 1. The maximum atomic E-state index is 12.1. The summed E-state index contributed by atoms with van der Waals surface area (Å²) < 4.78 is 2.01. The first-order chi connectivity index (χ1) is 12.7. The van der Waals surface area contributed by atoms with Gasteiger partial charge >= 0.3 is 0 Å². The Hall–Kier alpha value is -2.86. The zero-order chi connectivity index (χ0) is 18.4. The first-order valence-electron chi connectivity index (χ1n) is 8.23. The second kappa shape index (κ2) is 8.49. The summed E-state index contributed by atoms with van der Waals surface area (Å²) in [6.45, 7) is 4.38. The number of benzene rings is 2. The number of nitrogens with one attached hydrogen (secondary N) is 1. The van der Waals surface area contributed by atoms with Crippen LogP contribution in [0, 0.1) is 0 Å². The van der Waals surface area contributed by atoms with Crippen LogP contribution in [0.25, 0.3) is 11.0 Å². The van der Waals surface area contributed by atoms with Gasteiger partial charge in [-0.1, -0.05) is 60.3 Å². The summed E-state index contributed by atoms with van der Waals surface area (Å²) >= 11 is 1.31. The van der Waals surface area contributed by atoms with Crippen LogP contribution in [0.15, 0.2) is 72.4 Å². The molecule has 6 heteroatoms. The molecule has 0 aliphatic heterocycles. The van der Waals surface area contributed by atoms with E-state index in [0.717, 1.165) is 21.8 Å². The molecule has 0 unspecified atom stereocenters. The minimum absolute atomic E-state index is 0.126. The Morgan fingerprint density at radius 2 is 1.81 bits per heavy atom. The highest BCUT2D eigenvalue weighted by Crippen LogP contribution is 2.23. The van der Waals surface area contributed by atoms with Gasteiger partial charge in [0.2, 0.25) is 11.8 Å². The summed E-state index contributed by atoms with van der Waals surface area (Å²) in [6.07, 6.45) is 1.98. The molecule has 0 fully saturated rings. The molecule has 1 heterocycles. The molecule has 0 saturated carbocycles. The predicted octanol–water partition coefficient (Wildman–Crippen LogP) is 3.20. The van der Waals surface area contributed by atoms with E-state index < -0.39 is 0 Å². The lowest BCUT2D eigenvalue weighted by atomic mass is 10.1. The first-order valence-corrected chi connectivity index (χ1v) is 9.21. The highest BCUT2D eigenvalue weighted by molar-refractivity contribution is 7.99. The normalized spacial score (nSPS) is 10.6. The molecular weight excluding hydrogens is 346 g/mol. The highest BCUT2D eigenvalue weighted by atomic mass is 32.2. The van der Waals surface area contributed by atoms with Gasteiger partial charge in [-0.3, -0.25) is 14.9 Å². The van der Waals surface area contributed by atoms with Gasteiger partial charge in [-0.05, 0) is 17.7 Å². The second-order valence-corrected chi connectivity index (χ2v) is 6.65. The number of aromatic nitrogens is 2. The number of rotatable bonds is 7. The standard InChI is InChI=1S/C20H19N3O2S/c1-2-12-23-17-11-7-6-10-16(17)21-20(23)26-14-19(25)22-18(24)13-15-8-4-3-5-9-15/h2-11H,1,12-14H2,(H,22,24,25). The van der Waals surface area contributed by atoms with Crippen LogP contribution < -0.4 is 5.32 Å². The molecule has 0 bridgehead atoms. The van der Waals surface area contributed by atoms with Gasteiger partial charge in [0.15, 0.2) is 5.16 Å². The van der Waals surface area contributed by atoms with Crippen molar-refractivity contribution in [3.05, 3.63) is 72.8 Å². The molecule has 0 aliphatic rings. The minimum atomic E-state index is -0.326. The SMILES string of the molecule is C=CCn1c(SCC(=O)NC(=O)Cc2ccccc2)nc2ccccc21. The van der Waals surface area contributed by atoms with Crippen molar-refractivity contribution in [2.24, 2.45) is 0 Å². The van der Waals surface area contributed by atoms with E-state index in [1.807, 2.05) is 59.2 Å². The number of carbonyl (C=O) groups is 2. The van der Waals surface area contributed by atoms with Crippen molar-refractivity contribution in [1.82, 2.24) is 14.9 Å². The fraction of sp³-hybridized carbons (Fsp3) is 0.150. The fourth-order valence-electron chi connectivity index (χ4n) is 2.62. The summed E-state index contributed by atoms with van der Waals surface area (Å²) in [6, 6.07) is 17.1. The van der Waals surface area contributed by atoms with E-state index >= 15 is 0 Å². The van der Waals surface area contributed by atoms with Gasteiger partial charge < -0.3 is 4.57 Å². The fourth-order valence-corrected chi connectivity index (χ4v) is 3.44. The molecule has 0 spiro atoms. The number of imide groups is 1. The number of nitrogens with zero attached hydrogens (tertiary/aromatic N) is 2. The van der Waals surface area contributed by atoms with E-state index in [0.29, 0.717) is 6.54 Å². The van der Waals surface area contributed by atoms with Crippen molar-refractivity contribution in [2.75, 3.05) is 5.75 Å². The second-order valence-electron chi connectivity index (χ2n) is 5.70. The molecule has 1 N–H and O–H groups in total. The molecule has 0 radical (unpaired) electrons. The molecule has 2 aromatic carbocycles. The van der Waals surface area contributed by atoms with Crippen LogP contribution in [0.2, 0.25) is 0 Å². The van der Waals surface area contributed by atoms with Gasteiger partial charge in [0.25, 0.3) is 0 Å². The van der Waals surface area contributed by atoms with Crippen molar-refractivity contribution in [1.29, 1.82) is 0 Å². The van der Waals surface area contributed by atoms with Gasteiger partial charge in [0.1, 0.15) is 0 Å². The van der Waals surface area contributed by atoms with Gasteiger partial charge in [-0.2, -0.15) is 0 Å². The Kier molecular flexibility index (Phi) is 5.86. The van der Waals surface area contributed by atoms with E-state index in [1.54, 1.807) is 6.08 Å². The summed E-state index contributed by atoms with van der Waals surface area (Å²) in [5.41, 5.74) is 2.74. The van der Waals surface area contributed by atoms with Crippen LogP contribution in [0.5, 0.6) is 0 Å². The monoisotopic (exact) mass is 365 g/mol. The lowest BCUT2D eigenvalue weighted by Crippen LogP contribution is -2.33. The number of fused-ring (bicyclic) bond motifs is 1. The van der Waals surface area contributed by atoms with Crippen LogP contribution in [0.4, 0.5) is 0 Å². The van der Waals surface area contributed by atoms with Gasteiger partial charge in [0.05, 0.1) is 23.2 Å². The summed E-state index contributed by atoms with van der Waals surface area (Å²) in [4.78, 5) is 28.6. The first kappa shape index (κ1) is 17.9. The summed E-state index contributed by atoms with van der Waals surface area (Å²) in [5, 5.41) is 3.16. The lowest BCUT2D eigenvalue weighted by Gasteiger charge is -2.06. The van der Waals surface area contributed by atoms with E-state index in [2.05, 4.69) is 16.9 Å². The topological polar surface area (TPSA) is 64.0 Å². The predicted molar refractivity (Wildman–Crippen MR) is 104 cm³/mol. The third kappa shape index (κ3) is 4.40. The quantitative estimate of drug-likeness (QED) is 0.516. The van der Waals surface area contributed by atoms with Crippen molar-refractivity contribution in [3.8, 4) is 0 Å². The van der Waals surface area contributed by atoms with Crippen LogP contribution in [0.3, 0.4) is 0 Å². The summed E-state index contributed by atoms with van der Waals surface area (Å²) in [7, 11) is 0. The number of amides is 2. The molecule has 3 aromatic rings. The molecule has 0 aliphatic carbocycles.